The molecule has 0 spiro atoms. The van der Waals surface area contributed by atoms with Crippen LogP contribution in [0, 0.1) is 0 Å². The zero-order valence-corrected chi connectivity index (χ0v) is 18.5. The summed E-state index contributed by atoms with van der Waals surface area (Å²) in [5.41, 5.74) is 1.14. The van der Waals surface area contributed by atoms with Gasteiger partial charge in [0.15, 0.2) is 22.1 Å². The van der Waals surface area contributed by atoms with Crippen molar-refractivity contribution in [2.24, 2.45) is 4.99 Å². The summed E-state index contributed by atoms with van der Waals surface area (Å²) >= 11 is 1.03. The van der Waals surface area contributed by atoms with Crippen molar-refractivity contribution in [3.8, 4) is 0 Å². The summed E-state index contributed by atoms with van der Waals surface area (Å²) < 4.78 is 24.2. The van der Waals surface area contributed by atoms with Crippen LogP contribution in [0.1, 0.15) is 13.8 Å². The van der Waals surface area contributed by atoms with Gasteiger partial charge in [0.25, 0.3) is 0 Å². The summed E-state index contributed by atoms with van der Waals surface area (Å²) in [5.74, 6) is 0.766. The van der Waals surface area contributed by atoms with Gasteiger partial charge < -0.3 is 23.6 Å². The molecule has 160 valence electrons. The number of aromatic nitrogens is 4. The number of carbonyl (C=O) groups excluding carboxylic acids is 1. The highest BCUT2D eigenvalue weighted by molar-refractivity contribution is 8.13. The van der Waals surface area contributed by atoms with Crippen molar-refractivity contribution in [3.05, 3.63) is 12.7 Å². The number of thioether (sulfide) groups is 1. The maximum absolute atomic E-state index is 12.0. The second-order valence-corrected chi connectivity index (χ2v) is 9.45. The monoisotopic (exact) mass is 444 g/mol. The molecule has 2 aromatic rings. The largest absolute Gasteiger partial charge is 0.369 e. The van der Waals surface area contributed by atoms with Crippen LogP contribution in [0.4, 0.5) is 5.82 Å². The fourth-order valence-corrected chi connectivity index (χ4v) is 3.69. The number of hydrogen-bond donors (Lipinski definition) is 1. The zero-order valence-electron chi connectivity index (χ0n) is 16.8. The van der Waals surface area contributed by atoms with Crippen molar-refractivity contribution in [1.29, 1.82) is 0 Å². The van der Waals surface area contributed by atoms with E-state index in [1.807, 2.05) is 14.1 Å². The van der Waals surface area contributed by atoms with Crippen molar-refractivity contribution in [3.63, 3.8) is 0 Å². The van der Waals surface area contributed by atoms with E-state index in [1.54, 1.807) is 29.1 Å². The third kappa shape index (κ3) is 7.82. The molecule has 0 aliphatic rings. The molecular formula is C16H25N6O5PS. The summed E-state index contributed by atoms with van der Waals surface area (Å²) in [6.07, 6.45) is 3.79. The Labute approximate surface area is 173 Å². The van der Waals surface area contributed by atoms with Gasteiger partial charge in [0.1, 0.15) is 12.7 Å². The average Bonchev–Trinajstić information content (AvgIpc) is 3.05. The Bertz CT molecular complexity index is 905. The Kier molecular flexibility index (Phi) is 8.72. The highest BCUT2D eigenvalue weighted by Crippen LogP contribution is 2.42. The van der Waals surface area contributed by atoms with Crippen LogP contribution in [0.2, 0.25) is 0 Å². The van der Waals surface area contributed by atoms with Gasteiger partial charge in [-0.2, -0.15) is 0 Å². The third-order valence-corrected chi connectivity index (χ3v) is 5.29. The molecule has 0 fully saturated rings. The molecule has 0 aliphatic heterocycles. The fraction of sp³-hybridized carbons (Fsp3) is 0.562. The van der Waals surface area contributed by atoms with Gasteiger partial charge in [0.05, 0.1) is 31.9 Å². The molecule has 1 unspecified atom stereocenters. The Morgan fingerprint density at radius 1 is 1.45 bits per heavy atom. The number of hydrogen-bond acceptors (Lipinski definition) is 9. The van der Waals surface area contributed by atoms with E-state index in [0.29, 0.717) is 29.3 Å². The van der Waals surface area contributed by atoms with Gasteiger partial charge in [-0.3, -0.25) is 9.36 Å². The molecule has 11 nitrogen and oxygen atoms in total. The first-order chi connectivity index (χ1) is 13.7. The maximum Gasteiger partial charge on any atom is 0.353 e. The van der Waals surface area contributed by atoms with Gasteiger partial charge in [-0.1, -0.05) is 11.8 Å². The fourth-order valence-electron chi connectivity index (χ4n) is 2.22. The number of ether oxygens (including phenoxy) is 1. The number of imidazole rings is 1. The summed E-state index contributed by atoms with van der Waals surface area (Å²) in [5, 5.41) is -0.0711. The molecule has 0 aliphatic carbocycles. The molecule has 1 N–H and O–H groups in total. The number of fused-ring (bicyclic) bond motifs is 1. The lowest BCUT2D eigenvalue weighted by atomic mass is 10.4. The van der Waals surface area contributed by atoms with Crippen LogP contribution in [0.15, 0.2) is 17.6 Å². The first-order valence-corrected chi connectivity index (χ1v) is 11.5. The third-order valence-electron chi connectivity index (χ3n) is 3.45. The topological polar surface area (TPSA) is 132 Å². The molecule has 2 rings (SSSR count). The van der Waals surface area contributed by atoms with E-state index in [0.717, 1.165) is 11.8 Å². The molecule has 13 heteroatoms. The Balaban J connectivity index is 1.93. The van der Waals surface area contributed by atoms with Crippen molar-refractivity contribution in [1.82, 2.24) is 24.4 Å². The van der Waals surface area contributed by atoms with Crippen LogP contribution in [0.5, 0.6) is 0 Å². The van der Waals surface area contributed by atoms with E-state index in [2.05, 4.69) is 19.9 Å². The smallest absolute Gasteiger partial charge is 0.353 e. The molecular weight excluding hydrogens is 419 g/mol. The van der Waals surface area contributed by atoms with Crippen molar-refractivity contribution in [2.75, 3.05) is 32.8 Å². The summed E-state index contributed by atoms with van der Waals surface area (Å²) in [6, 6.07) is 0. The standard InChI is InChI=1S/C16H25N6O5PS/c1-12(26-11-28(24,25)27-5-6-29-13(2)23)7-22-10-19-14-15(20-9-21(3)4)17-8-18-16(14)22/h8-10,12H,5-7,11H2,1-4H3,(H,24,25)/t12-/m1/s1. The minimum absolute atomic E-state index is 0.00487. The SMILES string of the molecule is CC(=O)SCCOP(=O)(O)CO[C@H](C)Cn1cnc2c(N=CN(C)C)ncnc21. The lowest BCUT2D eigenvalue weighted by molar-refractivity contribution is -0.109. The van der Waals surface area contributed by atoms with E-state index in [1.165, 1.54) is 13.3 Å². The molecule has 0 saturated heterocycles. The normalized spacial score (nSPS) is 14.9. The number of aliphatic imine (C=N–C) groups is 1. The van der Waals surface area contributed by atoms with Gasteiger partial charge >= 0.3 is 7.60 Å². The summed E-state index contributed by atoms with van der Waals surface area (Å²) in [6.45, 7) is 3.56. The van der Waals surface area contributed by atoms with Crippen LogP contribution in [0.25, 0.3) is 11.2 Å². The molecule has 2 atom stereocenters. The van der Waals surface area contributed by atoms with Gasteiger partial charge in [-0.05, 0) is 6.92 Å². The summed E-state index contributed by atoms with van der Waals surface area (Å²) in [4.78, 5) is 39.4. The van der Waals surface area contributed by atoms with Crippen LogP contribution in [-0.2, 0) is 25.2 Å². The lowest BCUT2D eigenvalue weighted by Crippen LogP contribution is -2.17. The van der Waals surface area contributed by atoms with E-state index in [-0.39, 0.29) is 11.7 Å². The molecule has 0 aromatic carbocycles. The Hall–Kier alpha value is -1.85. The second kappa shape index (κ2) is 10.8. The van der Waals surface area contributed by atoms with Crippen LogP contribution < -0.4 is 0 Å². The molecule has 0 radical (unpaired) electrons. The van der Waals surface area contributed by atoms with Crippen LogP contribution in [-0.4, -0.2) is 79.7 Å². The van der Waals surface area contributed by atoms with Crippen molar-refractivity contribution in [2.45, 2.75) is 26.5 Å². The van der Waals surface area contributed by atoms with Gasteiger partial charge in [0, 0.05) is 26.8 Å². The minimum atomic E-state index is -3.89. The van der Waals surface area contributed by atoms with Crippen molar-refractivity contribution >= 4 is 47.8 Å². The first-order valence-electron chi connectivity index (χ1n) is 8.75. The molecule has 0 saturated carbocycles. The predicted molar refractivity (Wildman–Crippen MR) is 111 cm³/mol. The van der Waals surface area contributed by atoms with Gasteiger partial charge in [-0.25, -0.2) is 19.9 Å². The highest BCUT2D eigenvalue weighted by Gasteiger charge is 2.22. The lowest BCUT2D eigenvalue weighted by Gasteiger charge is -2.17. The number of carbonyl (C=O) groups is 1. The van der Waals surface area contributed by atoms with Crippen LogP contribution in [0.3, 0.4) is 0 Å². The minimum Gasteiger partial charge on any atom is -0.369 e. The van der Waals surface area contributed by atoms with E-state index >= 15 is 0 Å². The Morgan fingerprint density at radius 3 is 2.90 bits per heavy atom. The first kappa shape index (κ1) is 23.4. The predicted octanol–water partition coefficient (Wildman–Crippen LogP) is 1.89. The van der Waals surface area contributed by atoms with E-state index in [9.17, 15) is 14.3 Å². The molecule has 0 bridgehead atoms. The zero-order chi connectivity index (χ0) is 21.4. The average molecular weight is 444 g/mol. The summed E-state index contributed by atoms with van der Waals surface area (Å²) in [7, 11) is -0.187. The molecule has 29 heavy (non-hydrogen) atoms. The number of rotatable bonds is 11. The number of nitrogens with zero attached hydrogens (tertiary/aromatic N) is 6. The van der Waals surface area contributed by atoms with Crippen LogP contribution >= 0.6 is 19.4 Å². The highest BCUT2D eigenvalue weighted by atomic mass is 32.2. The maximum atomic E-state index is 12.0. The molecule has 2 aromatic heterocycles. The Morgan fingerprint density at radius 2 is 2.21 bits per heavy atom. The quantitative estimate of drug-likeness (QED) is 0.237. The van der Waals surface area contributed by atoms with Gasteiger partial charge in [-0.15, -0.1) is 0 Å². The van der Waals surface area contributed by atoms with Gasteiger partial charge in [0.2, 0.25) is 0 Å². The molecule has 0 amide bonds. The van der Waals surface area contributed by atoms with Crippen molar-refractivity contribution < 1.29 is 23.5 Å². The van der Waals surface area contributed by atoms with E-state index in [4.69, 9.17) is 9.26 Å². The molecule has 2 heterocycles. The second-order valence-electron chi connectivity index (χ2n) is 6.39. The van der Waals surface area contributed by atoms with E-state index < -0.39 is 20.0 Å².